The van der Waals surface area contributed by atoms with Gasteiger partial charge in [-0.2, -0.15) is 13.2 Å². The van der Waals surface area contributed by atoms with Gasteiger partial charge in [0.05, 0.1) is 5.56 Å². The van der Waals surface area contributed by atoms with Crippen LogP contribution in [0.5, 0.6) is 5.75 Å². The van der Waals surface area contributed by atoms with Crippen LogP contribution in [0.3, 0.4) is 0 Å². The smallest absolute Gasteiger partial charge is 0.416 e. The van der Waals surface area contributed by atoms with Gasteiger partial charge in [-0.05, 0) is 54.2 Å². The average Bonchev–Trinajstić information content (AvgIpc) is 2.72. The summed E-state index contributed by atoms with van der Waals surface area (Å²) in [4.78, 5) is 0. The second-order valence-electron chi connectivity index (χ2n) is 5.40. The largest absolute Gasteiger partial charge is 0.507 e. The van der Waals surface area contributed by atoms with E-state index in [1.165, 1.54) is 12.1 Å². The molecule has 0 saturated heterocycles. The fourth-order valence-corrected chi connectivity index (χ4v) is 2.83. The van der Waals surface area contributed by atoms with Gasteiger partial charge in [-0.3, -0.25) is 0 Å². The molecule has 0 fully saturated rings. The van der Waals surface area contributed by atoms with Crippen molar-refractivity contribution >= 4 is 6.08 Å². The van der Waals surface area contributed by atoms with Crippen LogP contribution in [0.4, 0.5) is 13.2 Å². The molecular formula is C18H15F3O. The number of hydrogen-bond donors (Lipinski definition) is 1. The van der Waals surface area contributed by atoms with Gasteiger partial charge < -0.3 is 5.11 Å². The zero-order valence-corrected chi connectivity index (χ0v) is 11.8. The molecule has 1 aliphatic rings. The SMILES string of the molecule is Oc1ccc2c(c1-c1ccc(C(F)(F)F)cc1)CCCC=C2. The molecule has 0 bridgehead atoms. The van der Waals surface area contributed by atoms with E-state index in [0.29, 0.717) is 11.1 Å². The molecule has 2 aromatic rings. The van der Waals surface area contributed by atoms with Gasteiger partial charge in [0.25, 0.3) is 0 Å². The number of phenols is 1. The summed E-state index contributed by atoms with van der Waals surface area (Å²) in [5, 5.41) is 10.2. The number of benzene rings is 2. The maximum atomic E-state index is 12.7. The Bertz CT molecular complexity index is 712. The van der Waals surface area contributed by atoms with Crippen molar-refractivity contribution in [3.05, 3.63) is 59.2 Å². The number of aromatic hydroxyl groups is 1. The van der Waals surface area contributed by atoms with Crippen molar-refractivity contribution < 1.29 is 18.3 Å². The minimum absolute atomic E-state index is 0.105. The van der Waals surface area contributed by atoms with Gasteiger partial charge in [0.15, 0.2) is 0 Å². The average molecular weight is 304 g/mol. The third-order valence-electron chi connectivity index (χ3n) is 3.92. The van der Waals surface area contributed by atoms with Gasteiger partial charge in [-0.15, -0.1) is 0 Å². The molecule has 0 saturated carbocycles. The summed E-state index contributed by atoms with van der Waals surface area (Å²) in [6.07, 6.45) is 2.46. The van der Waals surface area contributed by atoms with E-state index >= 15 is 0 Å². The molecule has 0 spiro atoms. The molecule has 0 unspecified atom stereocenters. The predicted molar refractivity (Wildman–Crippen MR) is 80.5 cm³/mol. The maximum Gasteiger partial charge on any atom is 0.416 e. The van der Waals surface area contributed by atoms with E-state index in [1.54, 1.807) is 6.07 Å². The lowest BCUT2D eigenvalue weighted by Gasteiger charge is -2.15. The number of alkyl halides is 3. The Morgan fingerprint density at radius 2 is 1.68 bits per heavy atom. The van der Waals surface area contributed by atoms with Crippen LogP contribution in [0.2, 0.25) is 0 Å². The molecule has 0 atom stereocenters. The van der Waals surface area contributed by atoms with E-state index in [9.17, 15) is 18.3 Å². The molecule has 0 amide bonds. The van der Waals surface area contributed by atoms with Gasteiger partial charge in [-0.25, -0.2) is 0 Å². The van der Waals surface area contributed by atoms with Crippen LogP contribution in [0, 0.1) is 0 Å². The Morgan fingerprint density at radius 3 is 2.36 bits per heavy atom. The van der Waals surface area contributed by atoms with E-state index in [2.05, 4.69) is 6.08 Å². The lowest BCUT2D eigenvalue weighted by Crippen LogP contribution is -2.04. The molecule has 0 aliphatic heterocycles. The lowest BCUT2D eigenvalue weighted by atomic mass is 9.92. The number of halogens is 3. The Balaban J connectivity index is 2.10. The molecule has 3 rings (SSSR count). The normalized spacial score (nSPS) is 14.5. The summed E-state index contributed by atoms with van der Waals surface area (Å²) in [6.45, 7) is 0. The highest BCUT2D eigenvalue weighted by Gasteiger charge is 2.30. The number of allylic oxidation sites excluding steroid dienone is 1. The Hall–Kier alpha value is -2.23. The summed E-state index contributed by atoms with van der Waals surface area (Å²) < 4.78 is 38.0. The quantitative estimate of drug-likeness (QED) is 0.745. The fraction of sp³-hybridized carbons (Fsp3) is 0.222. The van der Waals surface area contributed by atoms with E-state index in [-0.39, 0.29) is 5.75 Å². The van der Waals surface area contributed by atoms with Crippen LogP contribution in [-0.4, -0.2) is 5.11 Å². The molecule has 0 radical (unpaired) electrons. The first-order chi connectivity index (χ1) is 10.5. The summed E-state index contributed by atoms with van der Waals surface area (Å²) >= 11 is 0. The highest BCUT2D eigenvalue weighted by Crippen LogP contribution is 2.38. The zero-order chi connectivity index (χ0) is 15.7. The van der Waals surface area contributed by atoms with E-state index in [1.807, 2.05) is 12.1 Å². The third-order valence-corrected chi connectivity index (χ3v) is 3.92. The number of hydrogen-bond acceptors (Lipinski definition) is 1. The van der Waals surface area contributed by atoms with Crippen LogP contribution in [-0.2, 0) is 12.6 Å². The second-order valence-corrected chi connectivity index (χ2v) is 5.40. The summed E-state index contributed by atoms with van der Waals surface area (Å²) in [7, 11) is 0. The van der Waals surface area contributed by atoms with Gasteiger partial charge in [0.1, 0.15) is 5.75 Å². The molecule has 114 valence electrons. The Labute approximate surface area is 126 Å². The molecule has 22 heavy (non-hydrogen) atoms. The van der Waals surface area contributed by atoms with Gasteiger partial charge in [0.2, 0.25) is 0 Å². The first-order valence-corrected chi connectivity index (χ1v) is 7.16. The van der Waals surface area contributed by atoms with Crippen LogP contribution < -0.4 is 0 Å². The van der Waals surface area contributed by atoms with Gasteiger partial charge >= 0.3 is 6.18 Å². The van der Waals surface area contributed by atoms with Crippen molar-refractivity contribution in [2.24, 2.45) is 0 Å². The lowest BCUT2D eigenvalue weighted by molar-refractivity contribution is -0.137. The topological polar surface area (TPSA) is 20.2 Å². The van der Waals surface area contributed by atoms with Crippen LogP contribution in [0.15, 0.2) is 42.5 Å². The highest BCUT2D eigenvalue weighted by molar-refractivity contribution is 5.78. The van der Waals surface area contributed by atoms with E-state index in [4.69, 9.17) is 0 Å². The molecule has 4 heteroatoms. The number of phenolic OH excluding ortho intramolecular Hbond substituents is 1. The van der Waals surface area contributed by atoms with Crippen LogP contribution in [0.25, 0.3) is 17.2 Å². The van der Waals surface area contributed by atoms with Crippen molar-refractivity contribution in [3.8, 4) is 16.9 Å². The molecule has 0 aromatic heterocycles. The van der Waals surface area contributed by atoms with Gasteiger partial charge in [0, 0.05) is 5.56 Å². The minimum Gasteiger partial charge on any atom is -0.507 e. The third kappa shape index (κ3) is 2.73. The fourth-order valence-electron chi connectivity index (χ4n) is 2.83. The minimum atomic E-state index is -4.35. The standard InChI is InChI=1S/C18H15F3O/c19-18(20,21)14-9-6-13(7-10-14)17-15-5-3-1-2-4-12(15)8-11-16(17)22/h2,4,6-11,22H,1,3,5H2. The van der Waals surface area contributed by atoms with Crippen molar-refractivity contribution in [2.45, 2.75) is 25.4 Å². The molecule has 1 nitrogen and oxygen atoms in total. The first-order valence-electron chi connectivity index (χ1n) is 7.16. The molecular weight excluding hydrogens is 289 g/mol. The Morgan fingerprint density at radius 1 is 0.955 bits per heavy atom. The summed E-state index contributed by atoms with van der Waals surface area (Å²) in [5.41, 5.74) is 2.58. The monoisotopic (exact) mass is 304 g/mol. The molecule has 2 aromatic carbocycles. The summed E-state index contributed by atoms with van der Waals surface area (Å²) in [6, 6.07) is 8.41. The summed E-state index contributed by atoms with van der Waals surface area (Å²) in [5.74, 6) is 0.105. The van der Waals surface area contributed by atoms with Crippen molar-refractivity contribution in [1.29, 1.82) is 0 Å². The number of rotatable bonds is 1. The second kappa shape index (κ2) is 5.52. The van der Waals surface area contributed by atoms with Crippen molar-refractivity contribution in [3.63, 3.8) is 0 Å². The van der Waals surface area contributed by atoms with Crippen LogP contribution in [0.1, 0.15) is 29.5 Å². The van der Waals surface area contributed by atoms with E-state index in [0.717, 1.165) is 42.5 Å². The van der Waals surface area contributed by atoms with Crippen LogP contribution >= 0.6 is 0 Å². The number of fused-ring (bicyclic) bond motifs is 1. The van der Waals surface area contributed by atoms with Crippen molar-refractivity contribution in [2.75, 3.05) is 0 Å². The maximum absolute atomic E-state index is 12.7. The van der Waals surface area contributed by atoms with E-state index < -0.39 is 11.7 Å². The Kier molecular flexibility index (Phi) is 3.69. The predicted octanol–water partition coefficient (Wildman–Crippen LogP) is 5.43. The first kappa shape index (κ1) is 14.7. The zero-order valence-electron chi connectivity index (χ0n) is 11.8. The van der Waals surface area contributed by atoms with Crippen molar-refractivity contribution in [1.82, 2.24) is 0 Å². The highest BCUT2D eigenvalue weighted by atomic mass is 19.4. The van der Waals surface area contributed by atoms with Gasteiger partial charge in [-0.1, -0.05) is 30.4 Å². The molecule has 0 heterocycles. The molecule has 1 N–H and O–H groups in total. The molecule has 1 aliphatic carbocycles.